The van der Waals surface area contributed by atoms with Crippen molar-refractivity contribution in [1.82, 2.24) is 10.3 Å². The van der Waals surface area contributed by atoms with Crippen LogP contribution in [0, 0.1) is 6.92 Å². The number of nitrogens with zero attached hydrogens (tertiary/aromatic N) is 1. The number of amides is 1. The van der Waals surface area contributed by atoms with E-state index in [9.17, 15) is 4.79 Å². The second kappa shape index (κ2) is 6.45. The minimum Gasteiger partial charge on any atom is -0.351 e. The molecule has 0 fully saturated rings. The smallest absolute Gasteiger partial charge is 0.222 e. The van der Waals surface area contributed by atoms with Crippen LogP contribution in [0.15, 0.2) is 35.8 Å². The Morgan fingerprint density at radius 3 is 2.79 bits per heavy atom. The number of hydrogen-bond acceptors (Lipinski definition) is 4. The number of carbonyl (C=O) groups excluding carboxylic acids is 1. The first-order chi connectivity index (χ1) is 9.16. The zero-order chi connectivity index (χ0) is 13.7. The number of nitrogens with two attached hydrogens (primary N) is 1. The Hall–Kier alpha value is -1.72. The molecular formula is C14H17N3OS. The topological polar surface area (TPSA) is 68.0 Å². The quantitative estimate of drug-likeness (QED) is 0.878. The maximum atomic E-state index is 11.8. The number of thiazole rings is 1. The van der Waals surface area contributed by atoms with Crippen LogP contribution in [0.5, 0.6) is 0 Å². The molecule has 1 aromatic heterocycles. The molecule has 0 saturated carbocycles. The maximum Gasteiger partial charge on any atom is 0.222 e. The predicted molar refractivity (Wildman–Crippen MR) is 76.7 cm³/mol. The van der Waals surface area contributed by atoms with Crippen LogP contribution in [0.1, 0.15) is 28.6 Å². The largest absolute Gasteiger partial charge is 0.351 e. The van der Waals surface area contributed by atoms with Crippen molar-refractivity contribution in [2.24, 2.45) is 5.73 Å². The van der Waals surface area contributed by atoms with Gasteiger partial charge in [-0.1, -0.05) is 30.3 Å². The molecule has 1 heterocycles. The van der Waals surface area contributed by atoms with Crippen LogP contribution >= 0.6 is 11.3 Å². The Kier molecular flexibility index (Phi) is 4.65. The Labute approximate surface area is 116 Å². The highest BCUT2D eigenvalue weighted by Crippen LogP contribution is 2.14. The molecule has 0 aliphatic heterocycles. The van der Waals surface area contributed by atoms with Crippen molar-refractivity contribution in [2.45, 2.75) is 25.9 Å². The zero-order valence-corrected chi connectivity index (χ0v) is 11.6. The molecule has 4 nitrogen and oxygen atoms in total. The Balaban J connectivity index is 1.83. The molecule has 2 rings (SSSR count). The molecule has 3 N–H and O–H groups in total. The number of benzene rings is 1. The summed E-state index contributed by atoms with van der Waals surface area (Å²) in [6.07, 6.45) is 0.294. The van der Waals surface area contributed by atoms with E-state index in [1.165, 1.54) is 0 Å². The molecule has 1 amide bonds. The molecule has 100 valence electrons. The number of hydrogen-bond donors (Lipinski definition) is 2. The summed E-state index contributed by atoms with van der Waals surface area (Å²) in [5, 5.41) is 2.88. The van der Waals surface area contributed by atoms with Crippen LogP contribution in [0.25, 0.3) is 0 Å². The van der Waals surface area contributed by atoms with Gasteiger partial charge in [0.1, 0.15) is 0 Å². The van der Waals surface area contributed by atoms with E-state index in [1.807, 2.05) is 37.3 Å². The molecule has 1 aromatic carbocycles. The number of aromatic nitrogens is 1. The van der Waals surface area contributed by atoms with Crippen LogP contribution in [0.4, 0.5) is 0 Å². The fourth-order valence-electron chi connectivity index (χ4n) is 1.76. The first kappa shape index (κ1) is 13.7. The third-order valence-corrected chi connectivity index (χ3v) is 3.86. The van der Waals surface area contributed by atoms with E-state index in [4.69, 9.17) is 5.73 Å². The van der Waals surface area contributed by atoms with Crippen molar-refractivity contribution in [3.63, 3.8) is 0 Å². The van der Waals surface area contributed by atoms with Gasteiger partial charge >= 0.3 is 0 Å². The Morgan fingerprint density at radius 2 is 2.16 bits per heavy atom. The molecule has 0 bridgehead atoms. The summed E-state index contributed by atoms with van der Waals surface area (Å²) in [6, 6.07) is 9.39. The average Bonchev–Trinajstić information content (AvgIpc) is 2.83. The first-order valence-electron chi connectivity index (χ1n) is 6.13. The van der Waals surface area contributed by atoms with Gasteiger partial charge in [0, 0.05) is 17.3 Å². The molecule has 1 unspecified atom stereocenters. The Morgan fingerprint density at radius 1 is 1.42 bits per heavy atom. The van der Waals surface area contributed by atoms with Crippen molar-refractivity contribution >= 4 is 17.2 Å². The molecule has 0 aliphatic rings. The third-order valence-electron chi connectivity index (χ3n) is 2.92. The van der Waals surface area contributed by atoms with E-state index in [2.05, 4.69) is 10.3 Å². The van der Waals surface area contributed by atoms with Crippen LogP contribution in [-0.4, -0.2) is 10.9 Å². The van der Waals surface area contributed by atoms with Gasteiger partial charge < -0.3 is 11.1 Å². The third kappa shape index (κ3) is 3.87. The SMILES string of the molecule is Cc1ncsc1CNC(=O)CC(N)c1ccccc1. The summed E-state index contributed by atoms with van der Waals surface area (Å²) >= 11 is 1.55. The van der Waals surface area contributed by atoms with Crippen molar-refractivity contribution in [3.8, 4) is 0 Å². The van der Waals surface area contributed by atoms with Crippen molar-refractivity contribution in [1.29, 1.82) is 0 Å². The van der Waals surface area contributed by atoms with Crippen LogP contribution < -0.4 is 11.1 Å². The highest BCUT2D eigenvalue weighted by atomic mass is 32.1. The highest BCUT2D eigenvalue weighted by Gasteiger charge is 2.11. The second-order valence-electron chi connectivity index (χ2n) is 4.36. The lowest BCUT2D eigenvalue weighted by Crippen LogP contribution is -2.27. The molecule has 2 aromatic rings. The second-order valence-corrected chi connectivity index (χ2v) is 5.30. The number of aryl methyl sites for hydroxylation is 1. The molecular weight excluding hydrogens is 258 g/mol. The molecule has 5 heteroatoms. The average molecular weight is 275 g/mol. The van der Waals surface area contributed by atoms with E-state index in [-0.39, 0.29) is 11.9 Å². The maximum absolute atomic E-state index is 11.8. The molecule has 1 atom stereocenters. The highest BCUT2D eigenvalue weighted by molar-refractivity contribution is 7.09. The molecule has 0 aliphatic carbocycles. The standard InChI is InChI=1S/C14H17N3OS/c1-10-13(19-9-17-10)8-16-14(18)7-12(15)11-5-3-2-4-6-11/h2-6,9,12H,7-8,15H2,1H3,(H,16,18). The lowest BCUT2D eigenvalue weighted by atomic mass is 10.0. The Bertz CT molecular complexity index is 539. The van der Waals surface area contributed by atoms with Crippen molar-refractivity contribution < 1.29 is 4.79 Å². The van der Waals surface area contributed by atoms with Gasteiger partial charge in [-0.05, 0) is 12.5 Å². The van der Waals surface area contributed by atoms with Crippen molar-refractivity contribution in [3.05, 3.63) is 52.0 Å². The molecule has 19 heavy (non-hydrogen) atoms. The minimum atomic E-state index is -0.260. The van der Waals surface area contributed by atoms with Crippen LogP contribution in [0.2, 0.25) is 0 Å². The van der Waals surface area contributed by atoms with E-state index < -0.39 is 0 Å². The van der Waals surface area contributed by atoms with Gasteiger partial charge in [0.25, 0.3) is 0 Å². The summed E-state index contributed by atoms with van der Waals surface area (Å²) in [7, 11) is 0. The number of rotatable bonds is 5. The summed E-state index contributed by atoms with van der Waals surface area (Å²) in [5.41, 5.74) is 9.74. The normalized spacial score (nSPS) is 12.1. The summed E-state index contributed by atoms with van der Waals surface area (Å²) in [6.45, 7) is 2.46. The molecule has 0 radical (unpaired) electrons. The lowest BCUT2D eigenvalue weighted by Gasteiger charge is -2.11. The van der Waals surface area contributed by atoms with Gasteiger partial charge in [0.05, 0.1) is 17.7 Å². The summed E-state index contributed by atoms with van der Waals surface area (Å²) in [4.78, 5) is 17.1. The van der Waals surface area contributed by atoms with E-state index in [0.717, 1.165) is 16.1 Å². The van der Waals surface area contributed by atoms with Gasteiger partial charge in [-0.15, -0.1) is 11.3 Å². The summed E-state index contributed by atoms with van der Waals surface area (Å²) in [5.74, 6) is -0.0378. The van der Waals surface area contributed by atoms with Gasteiger partial charge in [-0.2, -0.15) is 0 Å². The fraction of sp³-hybridized carbons (Fsp3) is 0.286. The lowest BCUT2D eigenvalue weighted by molar-refractivity contribution is -0.121. The van der Waals surface area contributed by atoms with Gasteiger partial charge in [0.15, 0.2) is 0 Å². The van der Waals surface area contributed by atoms with Crippen LogP contribution in [0.3, 0.4) is 0 Å². The number of nitrogens with one attached hydrogen (secondary N) is 1. The van der Waals surface area contributed by atoms with Gasteiger partial charge in [-0.3, -0.25) is 4.79 Å². The minimum absolute atomic E-state index is 0.0378. The van der Waals surface area contributed by atoms with E-state index in [0.29, 0.717) is 13.0 Å². The van der Waals surface area contributed by atoms with E-state index in [1.54, 1.807) is 16.8 Å². The monoisotopic (exact) mass is 275 g/mol. The van der Waals surface area contributed by atoms with Gasteiger partial charge in [0.2, 0.25) is 5.91 Å². The fourth-order valence-corrected chi connectivity index (χ4v) is 2.48. The molecule has 0 spiro atoms. The van der Waals surface area contributed by atoms with Crippen molar-refractivity contribution in [2.75, 3.05) is 0 Å². The zero-order valence-electron chi connectivity index (χ0n) is 10.8. The van der Waals surface area contributed by atoms with Gasteiger partial charge in [-0.25, -0.2) is 4.98 Å². The van der Waals surface area contributed by atoms with Crippen LogP contribution in [-0.2, 0) is 11.3 Å². The van der Waals surface area contributed by atoms with E-state index >= 15 is 0 Å². The molecule has 0 saturated heterocycles. The predicted octanol–water partition coefficient (Wildman–Crippen LogP) is 2.16. The number of carbonyl (C=O) groups is 1. The summed E-state index contributed by atoms with van der Waals surface area (Å²) < 4.78 is 0. The first-order valence-corrected chi connectivity index (χ1v) is 7.01.